The normalized spacial score (nSPS) is 17.7. The van der Waals surface area contributed by atoms with E-state index in [1.54, 1.807) is 17.9 Å². The lowest BCUT2D eigenvalue weighted by Gasteiger charge is -2.16. The molecule has 1 fully saturated rings. The molecule has 2 aromatic carbocycles. The first-order chi connectivity index (χ1) is 17.6. The van der Waals surface area contributed by atoms with E-state index in [1.807, 2.05) is 60.7 Å². The van der Waals surface area contributed by atoms with Crippen LogP contribution in [0.4, 0.5) is 0 Å². The zero-order chi connectivity index (χ0) is 24.6. The molecule has 1 saturated heterocycles. The molecule has 0 aliphatic carbocycles. The molecular formula is C27H28N4O4S3. The van der Waals surface area contributed by atoms with Crippen molar-refractivity contribution >= 4 is 65.3 Å². The molecule has 0 spiro atoms. The molecule has 2 atom stereocenters. The first-order valence-corrected chi connectivity index (χ1v) is 12.5. The van der Waals surface area contributed by atoms with Gasteiger partial charge >= 0.3 is 5.69 Å². The fourth-order valence-corrected chi connectivity index (χ4v) is 5.85. The molecule has 2 N–H and O–H groups in total. The molecule has 3 aromatic heterocycles. The van der Waals surface area contributed by atoms with Gasteiger partial charge in [0.05, 0.1) is 27.2 Å². The number of pyridine rings is 1. The second kappa shape index (κ2) is 11.7. The Hall–Kier alpha value is -3.09. The molecule has 38 heavy (non-hydrogen) atoms. The van der Waals surface area contributed by atoms with Crippen molar-refractivity contribution in [2.45, 2.75) is 12.5 Å². The van der Waals surface area contributed by atoms with E-state index < -0.39 is 5.69 Å². The molecule has 4 heterocycles. The van der Waals surface area contributed by atoms with E-state index in [1.165, 1.54) is 11.3 Å². The van der Waals surface area contributed by atoms with Crippen molar-refractivity contribution in [3.05, 3.63) is 81.9 Å². The number of hydrogen-bond acceptors (Lipinski definition) is 8. The molecule has 0 saturated carbocycles. The SMILES string of the molecule is CO[C@H]1CNC[C@@H]1CC(O)=c1sc2nccc3c2c1nc(=O)n3-c1ccc(Oc2ccccc2)cc1.S.S. The minimum absolute atomic E-state index is 0. The molecule has 11 heteroatoms. The van der Waals surface area contributed by atoms with Gasteiger partial charge in [-0.25, -0.2) is 9.78 Å². The summed E-state index contributed by atoms with van der Waals surface area (Å²) in [7, 11) is 1.68. The van der Waals surface area contributed by atoms with Crippen molar-refractivity contribution in [3.63, 3.8) is 0 Å². The average molecular weight is 569 g/mol. The van der Waals surface area contributed by atoms with Crippen LogP contribution in [0.3, 0.4) is 0 Å². The van der Waals surface area contributed by atoms with E-state index in [-0.39, 0.29) is 44.8 Å². The van der Waals surface area contributed by atoms with Crippen molar-refractivity contribution in [2.75, 3.05) is 20.2 Å². The van der Waals surface area contributed by atoms with Gasteiger partial charge in [-0.2, -0.15) is 32.0 Å². The third-order valence-electron chi connectivity index (χ3n) is 6.56. The molecular weight excluding hydrogens is 541 g/mol. The predicted octanol–water partition coefficient (Wildman–Crippen LogP) is 4.02. The zero-order valence-electron chi connectivity index (χ0n) is 20.5. The quantitative estimate of drug-likeness (QED) is 0.319. The number of nitrogens with zero attached hydrogens (tertiary/aromatic N) is 3. The number of nitrogens with one attached hydrogen (secondary N) is 1. The van der Waals surface area contributed by atoms with Crippen LogP contribution in [0.1, 0.15) is 6.42 Å². The second-order valence-electron chi connectivity index (χ2n) is 8.77. The van der Waals surface area contributed by atoms with Crippen LogP contribution >= 0.6 is 38.3 Å². The number of para-hydroxylation sites is 1. The number of aromatic nitrogens is 3. The van der Waals surface area contributed by atoms with E-state index >= 15 is 0 Å². The third kappa shape index (κ3) is 5.12. The van der Waals surface area contributed by atoms with Crippen LogP contribution in [0.2, 0.25) is 0 Å². The molecule has 0 radical (unpaired) electrons. The molecule has 5 aromatic rings. The maximum Gasteiger partial charge on any atom is 0.353 e. The zero-order valence-corrected chi connectivity index (χ0v) is 23.4. The summed E-state index contributed by atoms with van der Waals surface area (Å²) in [6, 6.07) is 18.6. The van der Waals surface area contributed by atoms with Gasteiger partial charge in [0, 0.05) is 38.7 Å². The van der Waals surface area contributed by atoms with Gasteiger partial charge in [-0.05, 0) is 42.5 Å². The van der Waals surface area contributed by atoms with Crippen LogP contribution in [-0.2, 0) is 4.74 Å². The molecule has 1 aliphatic rings. The number of ether oxygens (including phenoxy) is 2. The highest BCUT2D eigenvalue weighted by atomic mass is 32.1. The number of rotatable bonds is 6. The summed E-state index contributed by atoms with van der Waals surface area (Å²) in [5, 5.41) is 15.1. The summed E-state index contributed by atoms with van der Waals surface area (Å²) in [4.78, 5) is 22.9. The topological polar surface area (TPSA) is 98.5 Å². The number of thiophene rings is 1. The number of aliphatic hydroxyl groups is 1. The summed E-state index contributed by atoms with van der Waals surface area (Å²) in [6.45, 7) is 1.52. The monoisotopic (exact) mass is 568 g/mol. The van der Waals surface area contributed by atoms with Crippen LogP contribution in [-0.4, -0.2) is 45.9 Å². The van der Waals surface area contributed by atoms with Crippen molar-refractivity contribution in [1.29, 1.82) is 0 Å². The summed E-state index contributed by atoms with van der Waals surface area (Å²) in [6.07, 6.45) is 2.16. The van der Waals surface area contributed by atoms with Gasteiger partial charge in [0.1, 0.15) is 27.6 Å². The molecule has 0 amide bonds. The molecule has 198 valence electrons. The Kier molecular flexibility index (Phi) is 8.64. The van der Waals surface area contributed by atoms with Crippen molar-refractivity contribution in [3.8, 4) is 17.2 Å². The Balaban J connectivity index is 0.00000168. The largest absolute Gasteiger partial charge is 0.511 e. The second-order valence-corrected chi connectivity index (χ2v) is 9.77. The summed E-state index contributed by atoms with van der Waals surface area (Å²) in [5.41, 5.74) is 1.43. The van der Waals surface area contributed by atoms with Crippen LogP contribution in [0.5, 0.6) is 11.5 Å². The average Bonchev–Trinajstić information content (AvgIpc) is 3.50. The molecule has 1 aliphatic heterocycles. The van der Waals surface area contributed by atoms with E-state index in [0.717, 1.165) is 29.1 Å². The van der Waals surface area contributed by atoms with E-state index in [9.17, 15) is 9.90 Å². The van der Waals surface area contributed by atoms with E-state index in [2.05, 4.69) is 15.3 Å². The van der Waals surface area contributed by atoms with Crippen molar-refractivity contribution in [1.82, 2.24) is 19.9 Å². The Morgan fingerprint density at radius 1 is 1.08 bits per heavy atom. The van der Waals surface area contributed by atoms with Gasteiger partial charge in [-0.3, -0.25) is 4.57 Å². The van der Waals surface area contributed by atoms with Gasteiger partial charge in [0.25, 0.3) is 0 Å². The highest BCUT2D eigenvalue weighted by molar-refractivity contribution is 7.59. The van der Waals surface area contributed by atoms with Crippen LogP contribution in [0, 0.1) is 5.92 Å². The Morgan fingerprint density at radius 2 is 1.82 bits per heavy atom. The lowest BCUT2D eigenvalue weighted by molar-refractivity contribution is 0.0827. The maximum atomic E-state index is 13.3. The Labute approximate surface area is 236 Å². The number of aliphatic hydroxyl groups excluding tert-OH is 1. The van der Waals surface area contributed by atoms with Crippen LogP contribution in [0.25, 0.3) is 32.7 Å². The number of hydrogen-bond donors (Lipinski definition) is 2. The molecule has 0 unspecified atom stereocenters. The predicted molar refractivity (Wildman–Crippen MR) is 161 cm³/mol. The highest BCUT2D eigenvalue weighted by Crippen LogP contribution is 2.29. The van der Waals surface area contributed by atoms with Gasteiger partial charge in [0.15, 0.2) is 0 Å². The Morgan fingerprint density at radius 3 is 2.55 bits per heavy atom. The maximum absolute atomic E-state index is 13.3. The number of methoxy groups -OCH3 is 1. The van der Waals surface area contributed by atoms with Gasteiger partial charge in [-0.1, -0.05) is 18.2 Å². The summed E-state index contributed by atoms with van der Waals surface area (Å²) >= 11 is 1.35. The Bertz CT molecular complexity index is 1660. The van der Waals surface area contributed by atoms with Gasteiger partial charge < -0.3 is 19.9 Å². The van der Waals surface area contributed by atoms with Crippen LogP contribution in [0.15, 0.2) is 71.7 Å². The highest BCUT2D eigenvalue weighted by Gasteiger charge is 2.28. The van der Waals surface area contributed by atoms with Crippen molar-refractivity contribution < 1.29 is 14.6 Å². The molecule has 6 rings (SSSR count). The lowest BCUT2D eigenvalue weighted by Crippen LogP contribution is -2.24. The molecule has 0 bridgehead atoms. The van der Waals surface area contributed by atoms with Crippen molar-refractivity contribution in [2.24, 2.45) is 5.92 Å². The minimum Gasteiger partial charge on any atom is -0.511 e. The smallest absolute Gasteiger partial charge is 0.353 e. The fraction of sp³-hybridized carbons (Fsp3) is 0.222. The third-order valence-corrected chi connectivity index (χ3v) is 7.69. The van der Waals surface area contributed by atoms with E-state index in [0.29, 0.717) is 33.4 Å². The van der Waals surface area contributed by atoms with Gasteiger partial charge in [0.2, 0.25) is 0 Å². The molecule has 8 nitrogen and oxygen atoms in total. The summed E-state index contributed by atoms with van der Waals surface area (Å²) < 4.78 is 13.6. The fourth-order valence-electron chi connectivity index (χ4n) is 4.80. The van der Waals surface area contributed by atoms with Crippen LogP contribution < -0.4 is 20.3 Å². The van der Waals surface area contributed by atoms with E-state index in [4.69, 9.17) is 9.47 Å². The number of benzene rings is 2. The summed E-state index contributed by atoms with van der Waals surface area (Å²) in [5.74, 6) is 1.76. The van der Waals surface area contributed by atoms with Gasteiger partial charge in [-0.15, -0.1) is 11.3 Å². The lowest BCUT2D eigenvalue weighted by atomic mass is 10.0. The minimum atomic E-state index is -0.420. The standard InChI is InChI=1S/C27H24N4O4S.2H2S/c1-34-22-15-28-14-16(22)13-21(32)25-24-23-20(11-12-29-26(23)36-25)31(27(33)30-24)17-7-9-19(10-8-17)35-18-5-3-2-4-6-18;;/h2-12,16,22,28,32H,13-15H2,1H3;2*1H2/t16-,22-;;/m0../s1. The first-order valence-electron chi connectivity index (χ1n) is 11.7. The first kappa shape index (κ1) is 27.9.